The van der Waals surface area contributed by atoms with Gasteiger partial charge < -0.3 is 5.73 Å². The molecule has 0 aromatic heterocycles. The molecule has 3 nitrogen and oxygen atoms in total. The molecule has 1 saturated heterocycles. The molecule has 0 spiro atoms. The fraction of sp³-hybridized carbons (Fsp3) is 0.875. The minimum atomic E-state index is 0.545. The molecule has 2 atom stereocenters. The summed E-state index contributed by atoms with van der Waals surface area (Å²) in [7, 11) is 0. The first-order valence-corrected chi connectivity index (χ1v) is 4.09. The van der Waals surface area contributed by atoms with Crippen LogP contribution in [0.1, 0.15) is 13.3 Å². The molecule has 2 unspecified atom stereocenters. The van der Waals surface area contributed by atoms with Crippen LogP contribution in [0.15, 0.2) is 0 Å². The summed E-state index contributed by atoms with van der Waals surface area (Å²) in [6, 6.07) is 2.71. The Balaban J connectivity index is 2.39. The van der Waals surface area contributed by atoms with Crippen molar-refractivity contribution in [3.05, 3.63) is 0 Å². The maximum atomic E-state index is 8.48. The van der Waals surface area contributed by atoms with Gasteiger partial charge in [0.15, 0.2) is 0 Å². The number of nitriles is 1. The van der Waals surface area contributed by atoms with Gasteiger partial charge in [0, 0.05) is 12.6 Å². The molecule has 0 bridgehead atoms. The molecule has 0 aromatic rings. The Bertz CT molecular complexity index is 161. The molecule has 2 N–H and O–H groups in total. The van der Waals surface area contributed by atoms with Gasteiger partial charge in [0.2, 0.25) is 0 Å². The molecular weight excluding hydrogens is 138 g/mol. The summed E-state index contributed by atoms with van der Waals surface area (Å²) in [5.41, 5.74) is 5.54. The Labute approximate surface area is 67.8 Å². The average Bonchev–Trinajstić information content (AvgIpc) is 2.33. The van der Waals surface area contributed by atoms with Crippen molar-refractivity contribution in [1.82, 2.24) is 4.90 Å². The van der Waals surface area contributed by atoms with E-state index in [0.717, 1.165) is 19.5 Å². The van der Waals surface area contributed by atoms with Gasteiger partial charge in [-0.25, -0.2) is 0 Å². The van der Waals surface area contributed by atoms with Crippen molar-refractivity contribution >= 4 is 0 Å². The highest BCUT2D eigenvalue weighted by molar-refractivity contribution is 4.88. The van der Waals surface area contributed by atoms with E-state index >= 15 is 0 Å². The first-order chi connectivity index (χ1) is 5.27. The van der Waals surface area contributed by atoms with Crippen LogP contribution >= 0.6 is 0 Å². The lowest BCUT2D eigenvalue weighted by Gasteiger charge is -2.15. The van der Waals surface area contributed by atoms with Crippen molar-refractivity contribution in [3.8, 4) is 6.07 Å². The second kappa shape index (κ2) is 3.70. The van der Waals surface area contributed by atoms with Crippen LogP contribution < -0.4 is 5.73 Å². The van der Waals surface area contributed by atoms with Gasteiger partial charge in [-0.2, -0.15) is 5.26 Å². The Morgan fingerprint density at radius 2 is 2.45 bits per heavy atom. The van der Waals surface area contributed by atoms with Crippen molar-refractivity contribution < 1.29 is 0 Å². The maximum absolute atomic E-state index is 8.48. The van der Waals surface area contributed by atoms with Crippen LogP contribution in [0.5, 0.6) is 0 Å². The lowest BCUT2D eigenvalue weighted by molar-refractivity contribution is 0.297. The van der Waals surface area contributed by atoms with Gasteiger partial charge in [-0.1, -0.05) is 0 Å². The Morgan fingerprint density at radius 1 is 1.73 bits per heavy atom. The normalized spacial score (nSPS) is 32.1. The average molecular weight is 153 g/mol. The molecule has 0 aromatic carbocycles. The highest BCUT2D eigenvalue weighted by Crippen LogP contribution is 2.20. The summed E-state index contributed by atoms with van der Waals surface area (Å²) < 4.78 is 0. The minimum Gasteiger partial charge on any atom is -0.330 e. The number of hydrogen-bond donors (Lipinski definition) is 1. The van der Waals surface area contributed by atoms with Crippen LogP contribution in [0.25, 0.3) is 0 Å². The van der Waals surface area contributed by atoms with E-state index in [4.69, 9.17) is 11.0 Å². The van der Waals surface area contributed by atoms with Crippen LogP contribution in [-0.2, 0) is 0 Å². The molecule has 62 valence electrons. The molecular formula is C8H15N3. The summed E-state index contributed by atoms with van der Waals surface area (Å²) >= 11 is 0. The Morgan fingerprint density at radius 3 is 2.91 bits per heavy atom. The number of likely N-dealkylation sites (tertiary alicyclic amines) is 1. The third kappa shape index (κ3) is 1.92. The maximum Gasteiger partial charge on any atom is 0.0868 e. The van der Waals surface area contributed by atoms with Gasteiger partial charge >= 0.3 is 0 Å². The number of hydrogen-bond acceptors (Lipinski definition) is 3. The predicted octanol–water partition coefficient (Wildman–Crippen LogP) is 0.179. The van der Waals surface area contributed by atoms with E-state index in [0.29, 0.717) is 18.5 Å². The lowest BCUT2D eigenvalue weighted by Crippen LogP contribution is -2.28. The van der Waals surface area contributed by atoms with Gasteiger partial charge in [-0.3, -0.25) is 4.90 Å². The minimum absolute atomic E-state index is 0.545. The van der Waals surface area contributed by atoms with Crippen LogP contribution in [-0.4, -0.2) is 30.6 Å². The molecule has 1 aliphatic heterocycles. The van der Waals surface area contributed by atoms with E-state index in [-0.39, 0.29) is 0 Å². The van der Waals surface area contributed by atoms with Gasteiger partial charge in [0.05, 0.1) is 12.6 Å². The zero-order chi connectivity index (χ0) is 8.27. The van der Waals surface area contributed by atoms with Crippen LogP contribution in [0, 0.1) is 17.2 Å². The van der Waals surface area contributed by atoms with Crippen molar-refractivity contribution in [3.63, 3.8) is 0 Å². The van der Waals surface area contributed by atoms with Crippen molar-refractivity contribution in [2.45, 2.75) is 19.4 Å². The fourth-order valence-electron chi connectivity index (χ4n) is 1.70. The standard InChI is InChI=1S/C8H15N3/c1-7-4-8(5-10)6-11(7)3-2-9/h7-8H,3-6,10H2,1H3. The van der Waals surface area contributed by atoms with Gasteiger partial charge in [-0.05, 0) is 25.8 Å². The van der Waals surface area contributed by atoms with Crippen molar-refractivity contribution in [2.75, 3.05) is 19.6 Å². The van der Waals surface area contributed by atoms with E-state index in [1.807, 2.05) is 0 Å². The zero-order valence-electron chi connectivity index (χ0n) is 6.95. The van der Waals surface area contributed by atoms with E-state index in [1.54, 1.807) is 0 Å². The first kappa shape index (κ1) is 8.51. The number of nitrogens with zero attached hydrogens (tertiary/aromatic N) is 2. The van der Waals surface area contributed by atoms with Gasteiger partial charge in [0.25, 0.3) is 0 Å². The quantitative estimate of drug-likeness (QED) is 0.576. The molecule has 0 aliphatic carbocycles. The monoisotopic (exact) mass is 153 g/mol. The van der Waals surface area contributed by atoms with Crippen LogP contribution in [0.3, 0.4) is 0 Å². The molecule has 11 heavy (non-hydrogen) atoms. The largest absolute Gasteiger partial charge is 0.330 e. The molecule has 1 fully saturated rings. The van der Waals surface area contributed by atoms with E-state index in [1.165, 1.54) is 0 Å². The fourth-order valence-corrected chi connectivity index (χ4v) is 1.70. The third-order valence-corrected chi connectivity index (χ3v) is 2.40. The molecule has 1 rings (SSSR count). The van der Waals surface area contributed by atoms with Crippen LogP contribution in [0.4, 0.5) is 0 Å². The highest BCUT2D eigenvalue weighted by Gasteiger charge is 2.27. The van der Waals surface area contributed by atoms with E-state index in [2.05, 4.69) is 17.9 Å². The molecule has 1 heterocycles. The summed E-state index contributed by atoms with van der Waals surface area (Å²) in [5, 5.41) is 8.48. The lowest BCUT2D eigenvalue weighted by atomic mass is 10.1. The number of nitrogens with two attached hydrogens (primary N) is 1. The molecule has 1 aliphatic rings. The second-order valence-corrected chi connectivity index (χ2v) is 3.27. The zero-order valence-corrected chi connectivity index (χ0v) is 6.95. The molecule has 3 heteroatoms. The summed E-state index contributed by atoms with van der Waals surface area (Å²) in [6.07, 6.45) is 1.15. The smallest absolute Gasteiger partial charge is 0.0868 e. The van der Waals surface area contributed by atoms with Gasteiger partial charge in [0.1, 0.15) is 0 Å². The highest BCUT2D eigenvalue weighted by atomic mass is 15.2. The number of rotatable bonds is 2. The SMILES string of the molecule is CC1CC(CN)CN1CC#N. The third-order valence-electron chi connectivity index (χ3n) is 2.40. The van der Waals surface area contributed by atoms with Gasteiger partial charge in [-0.15, -0.1) is 0 Å². The predicted molar refractivity (Wildman–Crippen MR) is 43.8 cm³/mol. The Kier molecular flexibility index (Phi) is 2.86. The molecule has 0 radical (unpaired) electrons. The molecule has 0 saturated carbocycles. The summed E-state index contributed by atoms with van der Waals surface area (Å²) in [6.45, 7) is 4.47. The van der Waals surface area contributed by atoms with E-state index in [9.17, 15) is 0 Å². The van der Waals surface area contributed by atoms with E-state index < -0.39 is 0 Å². The summed E-state index contributed by atoms with van der Waals surface area (Å²) in [4.78, 5) is 2.19. The van der Waals surface area contributed by atoms with Crippen molar-refractivity contribution in [1.29, 1.82) is 5.26 Å². The summed E-state index contributed by atoms with van der Waals surface area (Å²) in [5.74, 6) is 0.610. The van der Waals surface area contributed by atoms with Crippen LogP contribution in [0.2, 0.25) is 0 Å². The second-order valence-electron chi connectivity index (χ2n) is 3.27. The molecule has 0 amide bonds. The van der Waals surface area contributed by atoms with Crippen molar-refractivity contribution in [2.24, 2.45) is 11.7 Å². The first-order valence-electron chi connectivity index (χ1n) is 4.09. The Hall–Kier alpha value is -0.590. The topological polar surface area (TPSA) is 53.0 Å².